The molecular weight excluding hydrogens is 177 g/mol. The summed E-state index contributed by atoms with van der Waals surface area (Å²) in [5.41, 5.74) is 2.62. The molecule has 2 heteroatoms. The number of hydrogen-bond donors (Lipinski definition) is 0. The summed E-state index contributed by atoms with van der Waals surface area (Å²) in [6, 6.07) is 11.5. The Labute approximate surface area is 82.8 Å². The lowest BCUT2D eigenvalue weighted by Crippen LogP contribution is -2.01. The van der Waals surface area contributed by atoms with Crippen molar-refractivity contribution in [1.82, 2.24) is 4.57 Å². The van der Waals surface area contributed by atoms with Crippen LogP contribution in [-0.2, 0) is 0 Å². The molecule has 0 aliphatic rings. The third-order valence-corrected chi connectivity index (χ3v) is 2.30. The molecule has 2 aromatic rings. The first kappa shape index (κ1) is 9.00. The molecule has 1 heterocycles. The van der Waals surface area contributed by atoms with Gasteiger partial charge in [-0.15, -0.1) is 0 Å². The lowest BCUT2D eigenvalue weighted by molar-refractivity contribution is 0.615. The Morgan fingerprint density at radius 1 is 1.14 bits per heavy atom. The van der Waals surface area contributed by atoms with E-state index >= 15 is 0 Å². The van der Waals surface area contributed by atoms with Crippen LogP contribution in [0.2, 0.25) is 0 Å². The van der Waals surface area contributed by atoms with Crippen molar-refractivity contribution < 1.29 is 4.39 Å². The van der Waals surface area contributed by atoms with Crippen LogP contribution in [0.15, 0.2) is 30.3 Å². The second-order valence-corrected chi connectivity index (χ2v) is 3.33. The Morgan fingerprint density at radius 3 is 2.36 bits per heavy atom. The van der Waals surface area contributed by atoms with Crippen LogP contribution in [0, 0.1) is 25.7 Å². The SMILES string of the molecule is Cc1ccc(C)n1-c1c[c]ccc1F. The maximum Gasteiger partial charge on any atom is 0.147 e. The molecule has 0 aliphatic carbocycles. The minimum absolute atomic E-state index is 0.217. The van der Waals surface area contributed by atoms with Gasteiger partial charge in [-0.25, -0.2) is 4.39 Å². The van der Waals surface area contributed by atoms with Crippen molar-refractivity contribution in [2.75, 3.05) is 0 Å². The van der Waals surface area contributed by atoms with Crippen LogP contribution in [0.1, 0.15) is 11.4 Å². The van der Waals surface area contributed by atoms with Crippen molar-refractivity contribution in [2.24, 2.45) is 0 Å². The zero-order chi connectivity index (χ0) is 10.1. The number of aryl methyl sites for hydroxylation is 2. The molecule has 0 bridgehead atoms. The lowest BCUT2D eigenvalue weighted by atomic mass is 10.3. The maximum atomic E-state index is 13.5. The molecule has 0 N–H and O–H groups in total. The smallest absolute Gasteiger partial charge is 0.147 e. The molecule has 0 atom stereocenters. The van der Waals surface area contributed by atoms with Gasteiger partial charge < -0.3 is 4.57 Å². The number of halogens is 1. The second-order valence-electron chi connectivity index (χ2n) is 3.33. The molecule has 71 valence electrons. The van der Waals surface area contributed by atoms with Gasteiger partial charge in [-0.2, -0.15) is 0 Å². The van der Waals surface area contributed by atoms with E-state index in [1.807, 2.05) is 30.5 Å². The molecular formula is C12H11FN. The Balaban J connectivity index is 2.66. The summed E-state index contributed by atoms with van der Waals surface area (Å²) in [4.78, 5) is 0. The van der Waals surface area contributed by atoms with E-state index in [9.17, 15) is 4.39 Å². The van der Waals surface area contributed by atoms with Crippen LogP contribution >= 0.6 is 0 Å². The van der Waals surface area contributed by atoms with Crippen LogP contribution < -0.4 is 0 Å². The average Bonchev–Trinajstić information content (AvgIpc) is 2.48. The Kier molecular flexibility index (Phi) is 2.12. The highest BCUT2D eigenvalue weighted by atomic mass is 19.1. The average molecular weight is 188 g/mol. The van der Waals surface area contributed by atoms with Gasteiger partial charge in [-0.1, -0.05) is 6.07 Å². The fourth-order valence-electron chi connectivity index (χ4n) is 1.62. The molecule has 0 aliphatic heterocycles. The van der Waals surface area contributed by atoms with Gasteiger partial charge in [0.25, 0.3) is 0 Å². The van der Waals surface area contributed by atoms with Crippen molar-refractivity contribution in [2.45, 2.75) is 13.8 Å². The minimum Gasteiger partial charge on any atom is -0.316 e. The minimum atomic E-state index is -0.217. The van der Waals surface area contributed by atoms with E-state index in [0.717, 1.165) is 11.4 Å². The number of aromatic nitrogens is 1. The second kappa shape index (κ2) is 3.29. The van der Waals surface area contributed by atoms with Gasteiger partial charge in [0.2, 0.25) is 0 Å². The van der Waals surface area contributed by atoms with Gasteiger partial charge in [0.1, 0.15) is 5.82 Å². The monoisotopic (exact) mass is 188 g/mol. The fraction of sp³-hybridized carbons (Fsp3) is 0.167. The molecule has 1 nitrogen and oxygen atoms in total. The van der Waals surface area contributed by atoms with E-state index in [2.05, 4.69) is 6.07 Å². The number of hydrogen-bond acceptors (Lipinski definition) is 0. The molecule has 0 saturated carbocycles. The maximum absolute atomic E-state index is 13.5. The van der Waals surface area contributed by atoms with Crippen molar-refractivity contribution in [3.05, 3.63) is 53.6 Å². The van der Waals surface area contributed by atoms with E-state index in [-0.39, 0.29) is 5.82 Å². The summed E-state index contributed by atoms with van der Waals surface area (Å²) < 4.78 is 15.4. The molecule has 2 rings (SSSR count). The van der Waals surface area contributed by atoms with E-state index in [0.29, 0.717) is 5.69 Å². The highest BCUT2D eigenvalue weighted by Gasteiger charge is 2.07. The van der Waals surface area contributed by atoms with Crippen LogP contribution in [0.3, 0.4) is 0 Å². The summed E-state index contributed by atoms with van der Waals surface area (Å²) in [5, 5.41) is 0. The highest BCUT2D eigenvalue weighted by Crippen LogP contribution is 2.18. The predicted molar refractivity (Wildman–Crippen MR) is 54.0 cm³/mol. The van der Waals surface area contributed by atoms with Gasteiger partial charge in [0, 0.05) is 11.4 Å². The first-order valence-corrected chi connectivity index (χ1v) is 4.51. The van der Waals surface area contributed by atoms with E-state index < -0.39 is 0 Å². The third-order valence-electron chi connectivity index (χ3n) is 2.30. The van der Waals surface area contributed by atoms with Crippen LogP contribution in [-0.4, -0.2) is 4.57 Å². The number of nitrogens with zero attached hydrogens (tertiary/aromatic N) is 1. The van der Waals surface area contributed by atoms with Gasteiger partial charge in [0.15, 0.2) is 0 Å². The number of rotatable bonds is 1. The summed E-state index contributed by atoms with van der Waals surface area (Å²) in [7, 11) is 0. The van der Waals surface area contributed by atoms with Crippen molar-refractivity contribution >= 4 is 0 Å². The van der Waals surface area contributed by atoms with Crippen LogP contribution in [0.4, 0.5) is 4.39 Å². The topological polar surface area (TPSA) is 4.93 Å². The first-order chi connectivity index (χ1) is 6.70. The molecule has 1 aromatic heterocycles. The van der Waals surface area contributed by atoms with Crippen LogP contribution in [0.25, 0.3) is 5.69 Å². The summed E-state index contributed by atoms with van der Waals surface area (Å²) >= 11 is 0. The molecule has 0 saturated heterocycles. The molecule has 1 radical (unpaired) electrons. The van der Waals surface area contributed by atoms with Crippen LogP contribution in [0.5, 0.6) is 0 Å². The van der Waals surface area contributed by atoms with Crippen molar-refractivity contribution in [3.63, 3.8) is 0 Å². The molecule has 1 aromatic carbocycles. The molecule has 0 fully saturated rings. The Hall–Kier alpha value is -1.57. The van der Waals surface area contributed by atoms with Gasteiger partial charge in [-0.3, -0.25) is 0 Å². The van der Waals surface area contributed by atoms with Crippen molar-refractivity contribution in [1.29, 1.82) is 0 Å². The normalized spacial score (nSPS) is 10.5. The molecule has 0 unspecified atom stereocenters. The Bertz CT molecular complexity index is 438. The van der Waals surface area contributed by atoms with Gasteiger partial charge in [0.05, 0.1) is 5.69 Å². The van der Waals surface area contributed by atoms with Crippen molar-refractivity contribution in [3.8, 4) is 5.69 Å². The summed E-state index contributed by atoms with van der Waals surface area (Å²) in [6.45, 7) is 3.92. The standard InChI is InChI=1S/C12H11FN/c1-9-7-8-10(2)14(9)12-6-4-3-5-11(12)13/h3,5-8H,1-2H3. The zero-order valence-electron chi connectivity index (χ0n) is 8.21. The molecule has 0 spiro atoms. The van der Waals surface area contributed by atoms with E-state index in [1.165, 1.54) is 6.07 Å². The number of benzene rings is 1. The lowest BCUT2D eigenvalue weighted by Gasteiger charge is -2.09. The van der Waals surface area contributed by atoms with Gasteiger partial charge in [-0.05, 0) is 44.2 Å². The largest absolute Gasteiger partial charge is 0.316 e. The Morgan fingerprint density at radius 2 is 1.79 bits per heavy atom. The van der Waals surface area contributed by atoms with E-state index in [1.54, 1.807) is 12.1 Å². The summed E-state index contributed by atoms with van der Waals surface area (Å²) in [5.74, 6) is -0.217. The van der Waals surface area contributed by atoms with E-state index in [4.69, 9.17) is 0 Å². The van der Waals surface area contributed by atoms with Gasteiger partial charge >= 0.3 is 0 Å². The molecule has 0 amide bonds. The molecule has 14 heavy (non-hydrogen) atoms. The quantitative estimate of drug-likeness (QED) is 0.648. The first-order valence-electron chi connectivity index (χ1n) is 4.51. The predicted octanol–water partition coefficient (Wildman–Crippen LogP) is 3.03. The third kappa shape index (κ3) is 1.33. The zero-order valence-corrected chi connectivity index (χ0v) is 8.21. The fourth-order valence-corrected chi connectivity index (χ4v) is 1.62. The highest BCUT2D eigenvalue weighted by molar-refractivity contribution is 5.38. The summed E-state index contributed by atoms with van der Waals surface area (Å²) in [6.07, 6.45) is 0.